The highest BCUT2D eigenvalue weighted by molar-refractivity contribution is 7.86. The molecule has 0 amide bonds. The SMILES string of the molecule is O=S(=O)(N1CCCC1)N1CCC(Cl)CC1. The molecule has 2 saturated heterocycles. The third-order valence-electron chi connectivity index (χ3n) is 3.10. The topological polar surface area (TPSA) is 40.6 Å². The fourth-order valence-corrected chi connectivity index (χ4v) is 4.05. The summed E-state index contributed by atoms with van der Waals surface area (Å²) in [6.07, 6.45) is 3.53. The maximum Gasteiger partial charge on any atom is 0.281 e. The summed E-state index contributed by atoms with van der Waals surface area (Å²) in [6.45, 7) is 2.52. The van der Waals surface area contributed by atoms with Gasteiger partial charge in [0.15, 0.2) is 0 Å². The average Bonchev–Trinajstić information content (AvgIpc) is 2.71. The van der Waals surface area contributed by atoms with Crippen LogP contribution in [0.25, 0.3) is 0 Å². The maximum atomic E-state index is 12.1. The van der Waals surface area contributed by atoms with Crippen molar-refractivity contribution in [1.29, 1.82) is 0 Å². The van der Waals surface area contributed by atoms with Gasteiger partial charge in [0.05, 0.1) is 0 Å². The summed E-state index contributed by atoms with van der Waals surface area (Å²) >= 11 is 5.96. The van der Waals surface area contributed by atoms with Gasteiger partial charge in [-0.1, -0.05) is 0 Å². The van der Waals surface area contributed by atoms with E-state index in [0.29, 0.717) is 26.2 Å². The number of rotatable bonds is 2. The standard InChI is InChI=1S/C9H17ClN2O2S/c10-9-3-7-12(8-4-9)15(13,14)11-5-1-2-6-11/h9H,1-8H2. The Morgan fingerprint density at radius 1 is 0.933 bits per heavy atom. The van der Waals surface area contributed by atoms with Crippen molar-refractivity contribution in [2.24, 2.45) is 0 Å². The van der Waals surface area contributed by atoms with Gasteiger partial charge in [0.2, 0.25) is 0 Å². The zero-order valence-corrected chi connectivity index (χ0v) is 10.3. The molecule has 0 saturated carbocycles. The first-order valence-electron chi connectivity index (χ1n) is 5.50. The van der Waals surface area contributed by atoms with E-state index in [4.69, 9.17) is 11.6 Å². The molecule has 0 unspecified atom stereocenters. The monoisotopic (exact) mass is 252 g/mol. The van der Waals surface area contributed by atoms with Crippen LogP contribution in [0.1, 0.15) is 25.7 Å². The van der Waals surface area contributed by atoms with E-state index in [2.05, 4.69) is 0 Å². The Hall–Kier alpha value is 0.160. The highest BCUT2D eigenvalue weighted by atomic mass is 35.5. The van der Waals surface area contributed by atoms with Crippen molar-refractivity contribution in [3.8, 4) is 0 Å². The number of hydrogen-bond donors (Lipinski definition) is 0. The van der Waals surface area contributed by atoms with Crippen LogP contribution in [0.2, 0.25) is 0 Å². The van der Waals surface area contributed by atoms with Crippen LogP contribution < -0.4 is 0 Å². The van der Waals surface area contributed by atoms with E-state index in [1.807, 2.05) is 0 Å². The van der Waals surface area contributed by atoms with Crippen LogP contribution in [0, 0.1) is 0 Å². The number of hydrogen-bond acceptors (Lipinski definition) is 2. The molecule has 0 aromatic rings. The lowest BCUT2D eigenvalue weighted by atomic mass is 10.2. The van der Waals surface area contributed by atoms with Gasteiger partial charge < -0.3 is 0 Å². The molecule has 0 atom stereocenters. The molecule has 6 heteroatoms. The zero-order chi connectivity index (χ0) is 10.9. The third-order valence-corrected chi connectivity index (χ3v) is 5.57. The van der Waals surface area contributed by atoms with Crippen molar-refractivity contribution < 1.29 is 8.42 Å². The summed E-state index contributed by atoms with van der Waals surface area (Å²) in [7, 11) is -3.18. The number of halogens is 1. The van der Waals surface area contributed by atoms with Gasteiger partial charge in [-0.2, -0.15) is 17.0 Å². The van der Waals surface area contributed by atoms with Crippen molar-refractivity contribution in [2.45, 2.75) is 31.1 Å². The number of alkyl halides is 1. The lowest BCUT2D eigenvalue weighted by molar-refractivity contribution is 0.319. The summed E-state index contributed by atoms with van der Waals surface area (Å²) in [5.41, 5.74) is 0. The molecule has 2 aliphatic heterocycles. The first-order valence-corrected chi connectivity index (χ1v) is 7.33. The second-order valence-electron chi connectivity index (χ2n) is 4.19. The molecule has 88 valence electrons. The normalized spacial score (nSPS) is 27.3. The van der Waals surface area contributed by atoms with Gasteiger partial charge in [-0.05, 0) is 25.7 Å². The Morgan fingerprint density at radius 3 is 1.93 bits per heavy atom. The average molecular weight is 253 g/mol. The van der Waals surface area contributed by atoms with Crippen LogP contribution in [0.15, 0.2) is 0 Å². The van der Waals surface area contributed by atoms with E-state index < -0.39 is 10.2 Å². The first-order chi connectivity index (χ1) is 7.10. The molecule has 0 spiro atoms. The molecule has 0 N–H and O–H groups in total. The van der Waals surface area contributed by atoms with Gasteiger partial charge in [0.25, 0.3) is 10.2 Å². The summed E-state index contributed by atoms with van der Waals surface area (Å²) in [4.78, 5) is 0. The Morgan fingerprint density at radius 2 is 1.40 bits per heavy atom. The molecule has 2 heterocycles. The van der Waals surface area contributed by atoms with Gasteiger partial charge >= 0.3 is 0 Å². The van der Waals surface area contributed by atoms with E-state index >= 15 is 0 Å². The molecule has 2 rings (SSSR count). The van der Waals surface area contributed by atoms with Crippen LogP contribution in [0.4, 0.5) is 0 Å². The van der Waals surface area contributed by atoms with Gasteiger partial charge in [-0.25, -0.2) is 0 Å². The lowest BCUT2D eigenvalue weighted by Crippen LogP contribution is -2.46. The molecular weight excluding hydrogens is 236 g/mol. The molecule has 0 radical (unpaired) electrons. The highest BCUT2D eigenvalue weighted by Gasteiger charge is 2.33. The molecule has 4 nitrogen and oxygen atoms in total. The van der Waals surface area contributed by atoms with Crippen LogP contribution in [0.5, 0.6) is 0 Å². The van der Waals surface area contributed by atoms with Crippen LogP contribution in [-0.2, 0) is 10.2 Å². The van der Waals surface area contributed by atoms with Gasteiger partial charge in [0, 0.05) is 31.6 Å². The molecule has 0 aliphatic carbocycles. The van der Waals surface area contributed by atoms with Crippen molar-refractivity contribution in [3.63, 3.8) is 0 Å². The van der Waals surface area contributed by atoms with Gasteiger partial charge in [-0.15, -0.1) is 11.6 Å². The molecule has 0 bridgehead atoms. The minimum Gasteiger partial charge on any atom is -0.195 e. The van der Waals surface area contributed by atoms with Gasteiger partial charge in [-0.3, -0.25) is 0 Å². The summed E-state index contributed by atoms with van der Waals surface area (Å²) < 4.78 is 27.4. The van der Waals surface area contributed by atoms with E-state index in [1.54, 1.807) is 8.61 Å². The lowest BCUT2D eigenvalue weighted by Gasteiger charge is -2.31. The van der Waals surface area contributed by atoms with E-state index in [0.717, 1.165) is 25.7 Å². The van der Waals surface area contributed by atoms with Crippen molar-refractivity contribution in [1.82, 2.24) is 8.61 Å². The first kappa shape index (κ1) is 11.6. The predicted octanol–water partition coefficient (Wildman–Crippen LogP) is 1.03. The molecule has 2 fully saturated rings. The van der Waals surface area contributed by atoms with Crippen molar-refractivity contribution in [3.05, 3.63) is 0 Å². The van der Waals surface area contributed by atoms with E-state index in [9.17, 15) is 8.42 Å². The quantitative estimate of drug-likeness (QED) is 0.689. The minimum atomic E-state index is -3.18. The smallest absolute Gasteiger partial charge is 0.195 e. The number of nitrogens with zero attached hydrogens (tertiary/aromatic N) is 2. The second kappa shape index (κ2) is 4.57. The molecule has 0 aromatic heterocycles. The van der Waals surface area contributed by atoms with E-state index in [-0.39, 0.29) is 5.38 Å². The maximum absolute atomic E-state index is 12.1. The Kier molecular flexibility index (Phi) is 3.55. The van der Waals surface area contributed by atoms with Crippen molar-refractivity contribution in [2.75, 3.05) is 26.2 Å². The molecule has 0 aromatic carbocycles. The Balaban J connectivity index is 2.02. The second-order valence-corrected chi connectivity index (χ2v) is 6.73. The molecule has 15 heavy (non-hydrogen) atoms. The molecule has 2 aliphatic rings. The van der Waals surface area contributed by atoms with Crippen LogP contribution in [0.3, 0.4) is 0 Å². The predicted molar refractivity (Wildman–Crippen MR) is 60.2 cm³/mol. The Bertz CT molecular complexity index is 306. The van der Waals surface area contributed by atoms with Gasteiger partial charge in [0.1, 0.15) is 0 Å². The fraction of sp³-hybridized carbons (Fsp3) is 1.00. The Labute approximate surface area is 96.4 Å². The molecular formula is C9H17ClN2O2S. The highest BCUT2D eigenvalue weighted by Crippen LogP contribution is 2.22. The van der Waals surface area contributed by atoms with Crippen molar-refractivity contribution >= 4 is 21.8 Å². The largest absolute Gasteiger partial charge is 0.281 e. The zero-order valence-electron chi connectivity index (χ0n) is 8.73. The van der Waals surface area contributed by atoms with E-state index in [1.165, 1.54) is 0 Å². The van der Waals surface area contributed by atoms with Crippen LogP contribution in [-0.4, -0.2) is 48.6 Å². The summed E-state index contributed by atoms with van der Waals surface area (Å²) in [5, 5.41) is 0.148. The summed E-state index contributed by atoms with van der Waals surface area (Å²) in [6, 6.07) is 0. The number of piperidine rings is 1. The summed E-state index contributed by atoms with van der Waals surface area (Å²) in [5.74, 6) is 0. The third kappa shape index (κ3) is 2.46. The minimum absolute atomic E-state index is 0.148. The van der Waals surface area contributed by atoms with Crippen LogP contribution >= 0.6 is 11.6 Å². The fourth-order valence-electron chi connectivity index (χ4n) is 2.14.